The second-order valence-electron chi connectivity index (χ2n) is 6.73. The van der Waals surface area contributed by atoms with Crippen molar-refractivity contribution < 1.29 is 9.90 Å². The SMILES string of the molecule is CC=CC=CC=CC=CCCC=CC(=O)NCC(C)(O)CCCCCC. The predicted molar refractivity (Wildman–Crippen MR) is 113 cm³/mol. The zero-order valence-electron chi connectivity index (χ0n) is 16.8. The monoisotopic (exact) mass is 359 g/mol. The lowest BCUT2D eigenvalue weighted by atomic mass is 9.98. The van der Waals surface area contributed by atoms with Gasteiger partial charge in [-0.3, -0.25) is 4.79 Å². The molecule has 0 aliphatic heterocycles. The average Bonchev–Trinajstić information content (AvgIpc) is 2.62. The lowest BCUT2D eigenvalue weighted by molar-refractivity contribution is -0.117. The maximum atomic E-state index is 11.8. The lowest BCUT2D eigenvalue weighted by Crippen LogP contribution is -2.40. The van der Waals surface area contributed by atoms with Gasteiger partial charge in [-0.05, 0) is 39.2 Å². The van der Waals surface area contributed by atoms with Gasteiger partial charge in [0.15, 0.2) is 0 Å². The molecule has 0 fully saturated rings. The summed E-state index contributed by atoms with van der Waals surface area (Å²) in [6, 6.07) is 0. The number of aliphatic hydroxyl groups is 1. The first kappa shape index (κ1) is 24.1. The molecule has 0 aromatic rings. The van der Waals surface area contributed by atoms with E-state index in [1.807, 2.05) is 55.5 Å². The van der Waals surface area contributed by atoms with Gasteiger partial charge in [0, 0.05) is 6.54 Å². The molecule has 0 bridgehead atoms. The van der Waals surface area contributed by atoms with Crippen molar-refractivity contribution in [2.24, 2.45) is 0 Å². The van der Waals surface area contributed by atoms with Gasteiger partial charge in [-0.1, -0.05) is 87.3 Å². The van der Waals surface area contributed by atoms with Gasteiger partial charge in [0.25, 0.3) is 0 Å². The molecular weight excluding hydrogens is 322 g/mol. The van der Waals surface area contributed by atoms with E-state index in [1.165, 1.54) is 12.8 Å². The van der Waals surface area contributed by atoms with Gasteiger partial charge in [0.05, 0.1) is 5.60 Å². The van der Waals surface area contributed by atoms with Crippen molar-refractivity contribution in [3.63, 3.8) is 0 Å². The van der Waals surface area contributed by atoms with Gasteiger partial charge in [-0.15, -0.1) is 0 Å². The third-order valence-electron chi connectivity index (χ3n) is 3.87. The fourth-order valence-electron chi connectivity index (χ4n) is 2.28. The van der Waals surface area contributed by atoms with E-state index in [1.54, 1.807) is 13.0 Å². The number of carbonyl (C=O) groups excluding carboxylic acids is 1. The summed E-state index contributed by atoms with van der Waals surface area (Å²) in [5, 5.41) is 13.0. The van der Waals surface area contributed by atoms with Crippen molar-refractivity contribution in [1.82, 2.24) is 5.32 Å². The molecule has 3 heteroatoms. The van der Waals surface area contributed by atoms with Crippen LogP contribution in [0.1, 0.15) is 65.7 Å². The maximum Gasteiger partial charge on any atom is 0.243 e. The molecule has 146 valence electrons. The second-order valence-corrected chi connectivity index (χ2v) is 6.73. The molecule has 0 aliphatic rings. The van der Waals surface area contributed by atoms with E-state index in [0.717, 1.165) is 32.1 Å². The molecular formula is C23H37NO2. The maximum absolute atomic E-state index is 11.8. The molecule has 0 aromatic carbocycles. The molecule has 26 heavy (non-hydrogen) atoms. The Morgan fingerprint density at radius 2 is 1.62 bits per heavy atom. The molecule has 0 heterocycles. The average molecular weight is 360 g/mol. The minimum atomic E-state index is -0.826. The van der Waals surface area contributed by atoms with E-state index in [9.17, 15) is 9.90 Å². The van der Waals surface area contributed by atoms with Crippen LogP contribution >= 0.6 is 0 Å². The molecule has 1 amide bonds. The van der Waals surface area contributed by atoms with Gasteiger partial charge in [0.1, 0.15) is 0 Å². The van der Waals surface area contributed by atoms with Gasteiger partial charge >= 0.3 is 0 Å². The van der Waals surface area contributed by atoms with Crippen molar-refractivity contribution in [3.05, 3.63) is 60.8 Å². The van der Waals surface area contributed by atoms with Crippen LogP contribution in [-0.4, -0.2) is 23.2 Å². The summed E-state index contributed by atoms with van der Waals surface area (Å²) in [7, 11) is 0. The number of hydrogen-bond donors (Lipinski definition) is 2. The number of hydrogen-bond acceptors (Lipinski definition) is 2. The summed E-state index contributed by atoms with van der Waals surface area (Å²) in [6.45, 7) is 6.24. The Balaban J connectivity index is 3.85. The molecule has 0 aromatic heterocycles. The highest BCUT2D eigenvalue weighted by atomic mass is 16.3. The van der Waals surface area contributed by atoms with Crippen molar-refractivity contribution in [3.8, 4) is 0 Å². The fourth-order valence-corrected chi connectivity index (χ4v) is 2.28. The van der Waals surface area contributed by atoms with Crippen LogP contribution < -0.4 is 5.32 Å². The van der Waals surface area contributed by atoms with E-state index in [0.29, 0.717) is 6.54 Å². The zero-order valence-corrected chi connectivity index (χ0v) is 16.8. The van der Waals surface area contributed by atoms with Crippen molar-refractivity contribution in [2.45, 2.75) is 71.3 Å². The van der Waals surface area contributed by atoms with Crippen LogP contribution in [-0.2, 0) is 4.79 Å². The second kappa shape index (κ2) is 16.6. The molecule has 0 rings (SSSR count). The number of amides is 1. The standard InChI is InChI=1S/C23H37NO2/c1-4-6-8-10-11-12-13-14-15-16-17-19-22(25)24-21-23(3,26)20-18-9-7-5-2/h4,6,8,10-14,17,19,26H,5,7,9,15-16,18,20-21H2,1-3H3,(H,24,25). The number of unbranched alkanes of at least 4 members (excludes halogenated alkanes) is 4. The Hall–Kier alpha value is -1.87. The fraction of sp³-hybridized carbons (Fsp3) is 0.522. The first-order valence-electron chi connectivity index (χ1n) is 9.79. The molecule has 0 aliphatic carbocycles. The predicted octanol–water partition coefficient (Wildman–Crippen LogP) is 5.41. The molecule has 1 atom stereocenters. The van der Waals surface area contributed by atoms with E-state index in [-0.39, 0.29) is 5.91 Å². The Morgan fingerprint density at radius 3 is 2.31 bits per heavy atom. The van der Waals surface area contributed by atoms with Gasteiger partial charge in [0.2, 0.25) is 5.91 Å². The number of allylic oxidation sites excluding steroid dienone is 9. The number of rotatable bonds is 14. The van der Waals surface area contributed by atoms with E-state index in [2.05, 4.69) is 18.3 Å². The lowest BCUT2D eigenvalue weighted by Gasteiger charge is -2.23. The first-order valence-corrected chi connectivity index (χ1v) is 9.79. The molecule has 0 spiro atoms. The Bertz CT molecular complexity index is 496. The quantitative estimate of drug-likeness (QED) is 0.248. The molecule has 2 N–H and O–H groups in total. The highest BCUT2D eigenvalue weighted by Crippen LogP contribution is 2.14. The Morgan fingerprint density at radius 1 is 0.962 bits per heavy atom. The van der Waals surface area contributed by atoms with Crippen molar-refractivity contribution >= 4 is 5.91 Å². The first-order chi connectivity index (χ1) is 12.5. The highest BCUT2D eigenvalue weighted by Gasteiger charge is 2.19. The summed E-state index contributed by atoms with van der Waals surface area (Å²) in [4.78, 5) is 11.8. The van der Waals surface area contributed by atoms with Crippen LogP contribution in [0.15, 0.2) is 60.8 Å². The van der Waals surface area contributed by atoms with E-state index >= 15 is 0 Å². The van der Waals surface area contributed by atoms with Crippen LogP contribution in [0.25, 0.3) is 0 Å². The summed E-state index contributed by atoms with van der Waals surface area (Å²) in [5.41, 5.74) is -0.826. The minimum Gasteiger partial charge on any atom is -0.388 e. The molecule has 0 saturated heterocycles. The topological polar surface area (TPSA) is 49.3 Å². The van der Waals surface area contributed by atoms with Gasteiger partial charge < -0.3 is 10.4 Å². The molecule has 1 unspecified atom stereocenters. The summed E-state index contributed by atoms with van der Waals surface area (Å²) in [6.07, 6.45) is 26.3. The normalized spacial score (nSPS) is 15.1. The smallest absolute Gasteiger partial charge is 0.243 e. The van der Waals surface area contributed by atoms with Crippen LogP contribution in [0.4, 0.5) is 0 Å². The largest absolute Gasteiger partial charge is 0.388 e. The van der Waals surface area contributed by atoms with Crippen molar-refractivity contribution in [1.29, 1.82) is 0 Å². The van der Waals surface area contributed by atoms with Gasteiger partial charge in [-0.25, -0.2) is 0 Å². The summed E-state index contributed by atoms with van der Waals surface area (Å²) >= 11 is 0. The van der Waals surface area contributed by atoms with Crippen molar-refractivity contribution in [2.75, 3.05) is 6.54 Å². The van der Waals surface area contributed by atoms with Crippen LogP contribution in [0.3, 0.4) is 0 Å². The van der Waals surface area contributed by atoms with E-state index in [4.69, 9.17) is 0 Å². The van der Waals surface area contributed by atoms with Crippen LogP contribution in [0, 0.1) is 0 Å². The number of carbonyl (C=O) groups is 1. The number of nitrogens with one attached hydrogen (secondary N) is 1. The van der Waals surface area contributed by atoms with E-state index < -0.39 is 5.60 Å². The Labute approximate surface area is 160 Å². The zero-order chi connectivity index (χ0) is 19.5. The molecule has 0 radical (unpaired) electrons. The minimum absolute atomic E-state index is 0.142. The van der Waals surface area contributed by atoms with Crippen LogP contribution in [0.2, 0.25) is 0 Å². The summed E-state index contributed by atoms with van der Waals surface area (Å²) < 4.78 is 0. The summed E-state index contributed by atoms with van der Waals surface area (Å²) in [5.74, 6) is -0.142. The highest BCUT2D eigenvalue weighted by molar-refractivity contribution is 5.87. The third-order valence-corrected chi connectivity index (χ3v) is 3.87. The molecule has 0 saturated carbocycles. The van der Waals surface area contributed by atoms with Gasteiger partial charge in [-0.2, -0.15) is 0 Å². The molecule has 3 nitrogen and oxygen atoms in total. The Kier molecular flexibility index (Phi) is 15.4. The van der Waals surface area contributed by atoms with Crippen LogP contribution in [0.5, 0.6) is 0 Å². The third kappa shape index (κ3) is 17.0.